The molecule has 0 aliphatic heterocycles. The SMILES string of the molecule is CCOc1ccc(C(O)C(NC2CC2)C(C)C)cc1. The van der Waals surface area contributed by atoms with Crippen molar-refractivity contribution in [2.24, 2.45) is 5.92 Å². The van der Waals surface area contributed by atoms with Crippen molar-refractivity contribution in [1.29, 1.82) is 0 Å². The third-order valence-corrected chi connectivity index (χ3v) is 3.60. The van der Waals surface area contributed by atoms with Crippen LogP contribution in [0.3, 0.4) is 0 Å². The van der Waals surface area contributed by atoms with Crippen molar-refractivity contribution in [2.45, 2.75) is 51.8 Å². The highest BCUT2D eigenvalue weighted by Gasteiger charge is 2.30. The number of aliphatic hydroxyl groups is 1. The van der Waals surface area contributed by atoms with E-state index in [2.05, 4.69) is 19.2 Å². The van der Waals surface area contributed by atoms with E-state index < -0.39 is 6.10 Å². The predicted octanol–water partition coefficient (Wildman–Crippen LogP) is 2.90. The number of hydrogen-bond donors (Lipinski definition) is 2. The van der Waals surface area contributed by atoms with Crippen LogP contribution in [0.5, 0.6) is 5.75 Å². The van der Waals surface area contributed by atoms with Crippen molar-refractivity contribution >= 4 is 0 Å². The van der Waals surface area contributed by atoms with E-state index in [0.29, 0.717) is 18.6 Å². The first-order chi connectivity index (χ1) is 9.11. The molecule has 2 unspecified atom stereocenters. The summed E-state index contributed by atoms with van der Waals surface area (Å²) in [6.07, 6.45) is 2.01. The van der Waals surface area contributed by atoms with Gasteiger partial charge in [0.05, 0.1) is 12.7 Å². The molecule has 1 aliphatic rings. The summed E-state index contributed by atoms with van der Waals surface area (Å²) in [4.78, 5) is 0. The quantitative estimate of drug-likeness (QED) is 0.795. The molecule has 1 aliphatic carbocycles. The molecule has 0 radical (unpaired) electrons. The molecule has 1 aromatic rings. The van der Waals surface area contributed by atoms with Gasteiger partial charge in [0.15, 0.2) is 0 Å². The maximum atomic E-state index is 10.5. The van der Waals surface area contributed by atoms with Gasteiger partial charge in [-0.2, -0.15) is 0 Å². The zero-order valence-electron chi connectivity index (χ0n) is 12.1. The molecular formula is C16H25NO2. The Labute approximate surface area is 116 Å². The van der Waals surface area contributed by atoms with Crippen molar-refractivity contribution in [3.8, 4) is 5.75 Å². The Bertz CT molecular complexity index is 384. The van der Waals surface area contributed by atoms with Gasteiger partial charge in [-0.3, -0.25) is 0 Å². The summed E-state index contributed by atoms with van der Waals surface area (Å²) < 4.78 is 5.43. The van der Waals surface area contributed by atoms with E-state index in [1.165, 1.54) is 12.8 Å². The molecule has 0 heterocycles. The maximum absolute atomic E-state index is 10.5. The smallest absolute Gasteiger partial charge is 0.119 e. The van der Waals surface area contributed by atoms with E-state index in [0.717, 1.165) is 11.3 Å². The van der Waals surface area contributed by atoms with Crippen LogP contribution in [-0.2, 0) is 0 Å². The zero-order valence-corrected chi connectivity index (χ0v) is 12.1. The molecular weight excluding hydrogens is 238 g/mol. The highest BCUT2D eigenvalue weighted by molar-refractivity contribution is 5.29. The fourth-order valence-corrected chi connectivity index (χ4v) is 2.31. The molecule has 2 N–H and O–H groups in total. The standard InChI is InChI=1S/C16H25NO2/c1-4-19-14-9-5-12(6-10-14)16(18)15(11(2)3)17-13-7-8-13/h5-6,9-11,13,15-18H,4,7-8H2,1-3H3. The summed E-state index contributed by atoms with van der Waals surface area (Å²) in [6, 6.07) is 8.49. The summed E-state index contributed by atoms with van der Waals surface area (Å²) in [5.74, 6) is 1.26. The van der Waals surface area contributed by atoms with Crippen molar-refractivity contribution < 1.29 is 9.84 Å². The molecule has 106 valence electrons. The van der Waals surface area contributed by atoms with Gasteiger partial charge in [-0.15, -0.1) is 0 Å². The molecule has 0 spiro atoms. The third kappa shape index (κ3) is 3.95. The van der Waals surface area contributed by atoms with Gasteiger partial charge in [0, 0.05) is 12.1 Å². The molecule has 3 nitrogen and oxygen atoms in total. The van der Waals surface area contributed by atoms with Crippen LogP contribution >= 0.6 is 0 Å². The topological polar surface area (TPSA) is 41.5 Å². The van der Waals surface area contributed by atoms with E-state index in [1.54, 1.807) is 0 Å². The average molecular weight is 263 g/mol. The largest absolute Gasteiger partial charge is 0.494 e. The van der Waals surface area contributed by atoms with Crippen LogP contribution in [0.1, 0.15) is 45.3 Å². The van der Waals surface area contributed by atoms with E-state index in [-0.39, 0.29) is 6.04 Å². The van der Waals surface area contributed by atoms with Gasteiger partial charge in [0.25, 0.3) is 0 Å². The van der Waals surface area contributed by atoms with Gasteiger partial charge in [0.2, 0.25) is 0 Å². The van der Waals surface area contributed by atoms with Gasteiger partial charge < -0.3 is 15.2 Å². The van der Waals surface area contributed by atoms with Crippen LogP contribution < -0.4 is 10.1 Å². The van der Waals surface area contributed by atoms with Crippen LogP contribution in [0.2, 0.25) is 0 Å². The number of aliphatic hydroxyl groups excluding tert-OH is 1. The summed E-state index contributed by atoms with van der Waals surface area (Å²) in [5, 5.41) is 14.1. The first-order valence-corrected chi connectivity index (χ1v) is 7.28. The lowest BCUT2D eigenvalue weighted by atomic mass is 9.93. The molecule has 1 saturated carbocycles. The molecule has 0 saturated heterocycles. The Morgan fingerprint density at radius 2 is 1.89 bits per heavy atom. The maximum Gasteiger partial charge on any atom is 0.119 e. The normalized spacial score (nSPS) is 18.4. The molecule has 0 bridgehead atoms. The highest BCUT2D eigenvalue weighted by atomic mass is 16.5. The van der Waals surface area contributed by atoms with Gasteiger partial charge in [-0.25, -0.2) is 0 Å². The second-order valence-corrected chi connectivity index (χ2v) is 5.66. The number of nitrogens with one attached hydrogen (secondary N) is 1. The van der Waals surface area contributed by atoms with Crippen LogP contribution in [0.25, 0.3) is 0 Å². The van der Waals surface area contributed by atoms with Crippen molar-refractivity contribution in [3.63, 3.8) is 0 Å². The van der Waals surface area contributed by atoms with Gasteiger partial charge in [-0.05, 0) is 43.4 Å². The minimum absolute atomic E-state index is 0.116. The predicted molar refractivity (Wildman–Crippen MR) is 77.4 cm³/mol. The first-order valence-electron chi connectivity index (χ1n) is 7.28. The van der Waals surface area contributed by atoms with Crippen LogP contribution in [0.4, 0.5) is 0 Å². The van der Waals surface area contributed by atoms with Crippen LogP contribution in [0.15, 0.2) is 24.3 Å². The summed E-state index contributed by atoms with van der Waals surface area (Å²) >= 11 is 0. The summed E-state index contributed by atoms with van der Waals surface area (Å²) in [6.45, 7) is 6.94. The monoisotopic (exact) mass is 263 g/mol. The van der Waals surface area contributed by atoms with E-state index in [1.807, 2.05) is 31.2 Å². The molecule has 2 rings (SSSR count). The Morgan fingerprint density at radius 1 is 1.26 bits per heavy atom. The van der Waals surface area contributed by atoms with Crippen molar-refractivity contribution in [3.05, 3.63) is 29.8 Å². The molecule has 1 fully saturated rings. The average Bonchev–Trinajstić information content (AvgIpc) is 3.20. The minimum atomic E-state index is -0.462. The number of rotatable bonds is 7. The summed E-state index contributed by atoms with van der Waals surface area (Å²) in [7, 11) is 0. The second-order valence-electron chi connectivity index (χ2n) is 5.66. The van der Waals surface area contributed by atoms with Gasteiger partial charge >= 0.3 is 0 Å². The Kier molecular flexibility index (Phi) is 4.83. The number of ether oxygens (including phenoxy) is 1. The van der Waals surface area contributed by atoms with Gasteiger partial charge in [0.1, 0.15) is 5.75 Å². The van der Waals surface area contributed by atoms with Gasteiger partial charge in [-0.1, -0.05) is 26.0 Å². The molecule has 0 aromatic heterocycles. The Morgan fingerprint density at radius 3 is 2.37 bits per heavy atom. The highest BCUT2D eigenvalue weighted by Crippen LogP contribution is 2.28. The molecule has 1 aromatic carbocycles. The lowest BCUT2D eigenvalue weighted by molar-refractivity contribution is 0.104. The Balaban J connectivity index is 2.04. The molecule has 2 atom stereocenters. The van der Waals surface area contributed by atoms with E-state index >= 15 is 0 Å². The Hall–Kier alpha value is -1.06. The van der Waals surface area contributed by atoms with E-state index in [4.69, 9.17) is 4.74 Å². The molecule has 0 amide bonds. The first kappa shape index (κ1) is 14.4. The minimum Gasteiger partial charge on any atom is -0.494 e. The fraction of sp³-hybridized carbons (Fsp3) is 0.625. The lowest BCUT2D eigenvalue weighted by Gasteiger charge is -2.28. The zero-order chi connectivity index (χ0) is 13.8. The number of benzene rings is 1. The fourth-order valence-electron chi connectivity index (χ4n) is 2.31. The van der Waals surface area contributed by atoms with Crippen molar-refractivity contribution in [2.75, 3.05) is 6.61 Å². The third-order valence-electron chi connectivity index (χ3n) is 3.60. The van der Waals surface area contributed by atoms with Crippen molar-refractivity contribution in [1.82, 2.24) is 5.32 Å². The summed E-state index contributed by atoms with van der Waals surface area (Å²) in [5.41, 5.74) is 0.954. The van der Waals surface area contributed by atoms with Crippen LogP contribution in [0, 0.1) is 5.92 Å². The number of hydrogen-bond acceptors (Lipinski definition) is 3. The second kappa shape index (κ2) is 6.40. The van der Waals surface area contributed by atoms with E-state index in [9.17, 15) is 5.11 Å². The molecule has 3 heteroatoms. The van der Waals surface area contributed by atoms with Crippen LogP contribution in [-0.4, -0.2) is 23.8 Å². The lowest BCUT2D eigenvalue weighted by Crippen LogP contribution is -2.40. The molecule has 19 heavy (non-hydrogen) atoms.